The molecule has 0 fully saturated rings. The van der Waals surface area contributed by atoms with Crippen LogP contribution in [0.15, 0.2) is 92.9 Å². The Bertz CT molecular complexity index is 1900. The Morgan fingerprint density at radius 1 is 0.953 bits per heavy atom. The lowest BCUT2D eigenvalue weighted by molar-refractivity contribution is -0.137. The first-order chi connectivity index (χ1) is 20.4. The van der Waals surface area contributed by atoms with Crippen LogP contribution in [0.5, 0.6) is 5.75 Å². The van der Waals surface area contributed by atoms with E-state index in [4.69, 9.17) is 4.74 Å². The molecule has 1 amide bonds. The van der Waals surface area contributed by atoms with E-state index in [9.17, 15) is 22.8 Å². The topological polar surface area (TPSA) is 83.6 Å². The molecule has 11 heteroatoms. The zero-order valence-electron chi connectivity index (χ0n) is 22.6. The third kappa shape index (κ3) is 6.57. The molecule has 4 aromatic carbocycles. The van der Waals surface area contributed by atoms with Gasteiger partial charge in [0.25, 0.3) is 5.91 Å². The van der Waals surface area contributed by atoms with Gasteiger partial charge in [-0.2, -0.15) is 18.3 Å². The number of halogens is 5. The van der Waals surface area contributed by atoms with Crippen molar-refractivity contribution in [2.75, 3.05) is 0 Å². The number of rotatable bonds is 6. The zero-order chi connectivity index (χ0) is 30.9. The van der Waals surface area contributed by atoms with Gasteiger partial charge in [-0.1, -0.05) is 64.0 Å². The number of carbonyl (C=O) groups is 2. The van der Waals surface area contributed by atoms with E-state index in [-0.39, 0.29) is 16.9 Å². The number of aromatic amines is 1. The maximum Gasteiger partial charge on any atom is 0.416 e. The Balaban J connectivity index is 1.45. The largest absolute Gasteiger partial charge is 0.421 e. The van der Waals surface area contributed by atoms with Crippen molar-refractivity contribution in [1.82, 2.24) is 10.4 Å². The molecule has 2 N–H and O–H groups in total. The lowest BCUT2D eigenvalue weighted by Crippen LogP contribution is -2.19. The molecule has 0 aliphatic heterocycles. The van der Waals surface area contributed by atoms with E-state index in [2.05, 4.69) is 47.4 Å². The minimum atomic E-state index is -4.62. The van der Waals surface area contributed by atoms with Crippen molar-refractivity contribution in [3.8, 4) is 16.9 Å². The average Bonchev–Trinajstić information content (AvgIpc) is 3.34. The summed E-state index contributed by atoms with van der Waals surface area (Å²) >= 11 is 6.69. The molecule has 0 spiro atoms. The van der Waals surface area contributed by atoms with Crippen molar-refractivity contribution in [2.24, 2.45) is 5.10 Å². The van der Waals surface area contributed by atoms with Gasteiger partial charge in [-0.05, 0) is 77.3 Å². The van der Waals surface area contributed by atoms with Crippen molar-refractivity contribution in [2.45, 2.75) is 20.0 Å². The van der Waals surface area contributed by atoms with Crippen molar-refractivity contribution in [3.05, 3.63) is 121 Å². The van der Waals surface area contributed by atoms with Gasteiger partial charge in [0.05, 0.1) is 21.8 Å². The highest BCUT2D eigenvalue weighted by atomic mass is 79.9. The molecule has 6 nitrogen and oxygen atoms in total. The number of amides is 1. The van der Waals surface area contributed by atoms with E-state index >= 15 is 0 Å². The molecule has 0 aliphatic rings. The van der Waals surface area contributed by atoms with Crippen LogP contribution in [-0.4, -0.2) is 23.1 Å². The second kappa shape index (κ2) is 12.2. The average molecular weight is 713 g/mol. The van der Waals surface area contributed by atoms with Crippen LogP contribution in [0.1, 0.15) is 43.1 Å². The van der Waals surface area contributed by atoms with Crippen molar-refractivity contribution in [1.29, 1.82) is 0 Å². The second-order valence-electron chi connectivity index (χ2n) is 9.72. The number of aryl methyl sites for hydroxylation is 2. The van der Waals surface area contributed by atoms with Gasteiger partial charge < -0.3 is 9.72 Å². The molecule has 0 saturated carbocycles. The van der Waals surface area contributed by atoms with E-state index in [1.165, 1.54) is 12.3 Å². The number of aromatic nitrogens is 1. The number of carbonyl (C=O) groups excluding carboxylic acids is 2. The van der Waals surface area contributed by atoms with Gasteiger partial charge in [-0.25, -0.2) is 10.2 Å². The molecule has 0 aliphatic carbocycles. The molecular weight excluding hydrogens is 691 g/mol. The Hall–Kier alpha value is -4.22. The maximum atomic E-state index is 13.4. The highest BCUT2D eigenvalue weighted by Gasteiger charge is 2.31. The van der Waals surface area contributed by atoms with Crippen LogP contribution < -0.4 is 10.2 Å². The van der Waals surface area contributed by atoms with Crippen LogP contribution in [0.25, 0.3) is 22.0 Å². The number of alkyl halides is 3. The lowest BCUT2D eigenvalue weighted by atomic mass is 9.99. The summed E-state index contributed by atoms with van der Waals surface area (Å²) in [6.07, 6.45) is -3.34. The van der Waals surface area contributed by atoms with Crippen LogP contribution in [-0.2, 0) is 6.18 Å². The fraction of sp³-hybridized carbons (Fsp3) is 0.0938. The van der Waals surface area contributed by atoms with Crippen LogP contribution in [0.2, 0.25) is 0 Å². The monoisotopic (exact) mass is 711 g/mol. The number of esters is 1. The van der Waals surface area contributed by atoms with E-state index in [1.807, 2.05) is 56.3 Å². The summed E-state index contributed by atoms with van der Waals surface area (Å²) in [5.41, 5.74) is 6.33. The molecule has 43 heavy (non-hydrogen) atoms. The van der Waals surface area contributed by atoms with Gasteiger partial charge in [0.2, 0.25) is 0 Å². The number of nitrogens with zero attached hydrogens (tertiary/aromatic N) is 1. The first-order valence-electron chi connectivity index (χ1n) is 12.8. The maximum absolute atomic E-state index is 13.4. The summed E-state index contributed by atoms with van der Waals surface area (Å²) in [6, 6.07) is 20.7. The number of benzene rings is 4. The smallest absolute Gasteiger partial charge is 0.416 e. The van der Waals surface area contributed by atoms with Gasteiger partial charge in [0.15, 0.2) is 5.75 Å². The summed E-state index contributed by atoms with van der Waals surface area (Å²) < 4.78 is 45.9. The number of H-pyrrole nitrogens is 1. The zero-order valence-corrected chi connectivity index (χ0v) is 25.8. The molecule has 1 heterocycles. The van der Waals surface area contributed by atoms with Crippen LogP contribution >= 0.6 is 31.9 Å². The van der Waals surface area contributed by atoms with Crippen LogP contribution in [0, 0.1) is 13.8 Å². The summed E-state index contributed by atoms with van der Waals surface area (Å²) in [5.74, 6) is -1.49. The molecule has 0 atom stereocenters. The van der Waals surface area contributed by atoms with Crippen LogP contribution in [0.3, 0.4) is 0 Å². The molecule has 5 rings (SSSR count). The Labute approximate surface area is 261 Å². The summed E-state index contributed by atoms with van der Waals surface area (Å²) in [5, 5.41) is 5.01. The summed E-state index contributed by atoms with van der Waals surface area (Å²) in [7, 11) is 0. The van der Waals surface area contributed by atoms with Crippen molar-refractivity contribution < 1.29 is 27.5 Å². The highest BCUT2D eigenvalue weighted by molar-refractivity contribution is 9.11. The fourth-order valence-corrected chi connectivity index (χ4v) is 6.04. The third-order valence-electron chi connectivity index (χ3n) is 6.57. The van der Waals surface area contributed by atoms with Crippen molar-refractivity contribution >= 4 is 60.9 Å². The molecule has 5 aromatic rings. The number of hydrogen-bond donors (Lipinski definition) is 2. The van der Waals surface area contributed by atoms with E-state index in [0.717, 1.165) is 51.4 Å². The first-order valence-corrected chi connectivity index (χ1v) is 14.4. The number of ether oxygens (including phenoxy) is 1. The number of nitrogens with one attached hydrogen (secondary N) is 2. The Morgan fingerprint density at radius 3 is 2.42 bits per heavy atom. The minimum Gasteiger partial charge on any atom is -0.421 e. The minimum absolute atomic E-state index is 0.00490. The van der Waals surface area contributed by atoms with E-state index < -0.39 is 23.6 Å². The van der Waals surface area contributed by atoms with Gasteiger partial charge in [0, 0.05) is 26.5 Å². The molecular formula is C32H22Br2F3N3O3. The van der Waals surface area contributed by atoms with E-state index in [0.29, 0.717) is 14.6 Å². The molecule has 0 unspecified atom stereocenters. The van der Waals surface area contributed by atoms with Gasteiger partial charge >= 0.3 is 12.1 Å². The number of hydrazone groups is 1. The molecule has 0 bridgehead atoms. The first kappa shape index (κ1) is 30.2. The standard InChI is InChI=1S/C32H22Br2F3N3O3/c1-17-11-18(2)27-24(12-17)26(19-7-4-3-5-8-19)28(39-27)30(41)40-38-16-21-14-23(33)15-25(34)29(21)43-31(42)20-9-6-10-22(13-20)32(35,36)37/h3-16,39H,1-2H3,(H,40,41). The number of hydrogen-bond acceptors (Lipinski definition) is 4. The number of fused-ring (bicyclic) bond motifs is 1. The third-order valence-corrected chi connectivity index (χ3v) is 7.61. The molecule has 218 valence electrons. The predicted octanol–water partition coefficient (Wildman–Crippen LogP) is 8.98. The fourth-order valence-electron chi connectivity index (χ4n) is 4.70. The SMILES string of the molecule is Cc1cc(C)c2[nH]c(C(=O)NN=Cc3cc(Br)cc(Br)c3OC(=O)c3cccc(C(F)(F)F)c3)c(-c3ccccc3)c2c1. The molecule has 0 radical (unpaired) electrons. The quantitative estimate of drug-likeness (QED) is 0.0798. The summed E-state index contributed by atoms with van der Waals surface area (Å²) in [4.78, 5) is 29.5. The predicted molar refractivity (Wildman–Crippen MR) is 167 cm³/mol. The van der Waals surface area contributed by atoms with Gasteiger partial charge in [-0.15, -0.1) is 0 Å². The summed E-state index contributed by atoms with van der Waals surface area (Å²) in [6.45, 7) is 3.96. The van der Waals surface area contributed by atoms with Crippen molar-refractivity contribution in [3.63, 3.8) is 0 Å². The molecule has 0 saturated heterocycles. The molecule has 1 aromatic heterocycles. The normalized spacial score (nSPS) is 11.7. The van der Waals surface area contributed by atoms with Gasteiger partial charge in [0.1, 0.15) is 5.69 Å². The highest BCUT2D eigenvalue weighted by Crippen LogP contribution is 2.36. The Kier molecular flexibility index (Phi) is 8.57. The van der Waals surface area contributed by atoms with Crippen LogP contribution in [0.4, 0.5) is 13.2 Å². The van der Waals surface area contributed by atoms with E-state index in [1.54, 1.807) is 12.1 Å². The van der Waals surface area contributed by atoms with Gasteiger partial charge in [-0.3, -0.25) is 4.79 Å². The second-order valence-corrected chi connectivity index (χ2v) is 11.5. The Morgan fingerprint density at radius 2 is 1.70 bits per heavy atom. The lowest BCUT2D eigenvalue weighted by Gasteiger charge is -2.12.